The number of carboxylic acids is 1. The molecular formula is C14H18O3S. The molecular weight excluding hydrogens is 248 g/mol. The van der Waals surface area contributed by atoms with Gasteiger partial charge in [-0.25, -0.2) is 0 Å². The van der Waals surface area contributed by atoms with Gasteiger partial charge in [0.1, 0.15) is 4.75 Å². The average molecular weight is 266 g/mol. The van der Waals surface area contributed by atoms with E-state index in [0.717, 1.165) is 11.3 Å². The molecule has 0 saturated carbocycles. The van der Waals surface area contributed by atoms with Crippen LogP contribution in [0, 0.1) is 0 Å². The highest BCUT2D eigenvalue weighted by atomic mass is 32.2. The van der Waals surface area contributed by atoms with Crippen molar-refractivity contribution in [3.05, 3.63) is 29.8 Å². The molecule has 0 aromatic heterocycles. The minimum absolute atomic E-state index is 0.131. The van der Waals surface area contributed by atoms with Gasteiger partial charge in [-0.1, -0.05) is 19.1 Å². The third-order valence-corrected chi connectivity index (χ3v) is 3.73. The molecule has 18 heavy (non-hydrogen) atoms. The molecule has 0 heterocycles. The van der Waals surface area contributed by atoms with E-state index in [-0.39, 0.29) is 5.78 Å². The van der Waals surface area contributed by atoms with Crippen LogP contribution in [-0.4, -0.2) is 21.6 Å². The van der Waals surface area contributed by atoms with Gasteiger partial charge in [0.25, 0.3) is 0 Å². The number of carbonyl (C=O) groups is 2. The first kappa shape index (κ1) is 14.8. The summed E-state index contributed by atoms with van der Waals surface area (Å²) in [7, 11) is 0. The summed E-state index contributed by atoms with van der Waals surface area (Å²) in [4.78, 5) is 23.5. The Bertz CT molecular complexity index is 435. The lowest BCUT2D eigenvalue weighted by Crippen LogP contribution is -2.26. The number of Topliss-reactive ketones (excluding diaryl/α,β-unsaturated/α-hetero) is 1. The SMILES string of the molecule is CCCC(=O)c1ccc(SC(C)(C)C(=O)O)cc1. The summed E-state index contributed by atoms with van der Waals surface area (Å²) < 4.78 is -0.866. The number of thioether (sulfide) groups is 1. The van der Waals surface area contributed by atoms with Crippen molar-refractivity contribution < 1.29 is 14.7 Å². The number of carboxylic acid groups (broad SMARTS) is 1. The second kappa shape index (κ2) is 6.05. The van der Waals surface area contributed by atoms with Crippen LogP contribution in [0.15, 0.2) is 29.2 Å². The Morgan fingerprint density at radius 3 is 2.22 bits per heavy atom. The van der Waals surface area contributed by atoms with Crippen molar-refractivity contribution in [2.24, 2.45) is 0 Å². The van der Waals surface area contributed by atoms with E-state index in [1.54, 1.807) is 38.1 Å². The number of hydrogen-bond donors (Lipinski definition) is 1. The maximum atomic E-state index is 11.6. The van der Waals surface area contributed by atoms with E-state index in [4.69, 9.17) is 5.11 Å². The minimum Gasteiger partial charge on any atom is -0.480 e. The molecule has 0 fully saturated rings. The fourth-order valence-electron chi connectivity index (χ4n) is 1.42. The zero-order valence-electron chi connectivity index (χ0n) is 10.9. The molecule has 0 radical (unpaired) electrons. The fraction of sp³-hybridized carbons (Fsp3) is 0.429. The van der Waals surface area contributed by atoms with Gasteiger partial charge in [0, 0.05) is 16.9 Å². The quantitative estimate of drug-likeness (QED) is 0.631. The van der Waals surface area contributed by atoms with E-state index in [1.165, 1.54) is 11.8 Å². The van der Waals surface area contributed by atoms with Crippen LogP contribution in [0.25, 0.3) is 0 Å². The van der Waals surface area contributed by atoms with Crippen molar-refractivity contribution in [2.45, 2.75) is 43.3 Å². The molecule has 3 nitrogen and oxygen atoms in total. The number of rotatable bonds is 6. The van der Waals surface area contributed by atoms with Crippen LogP contribution in [0.3, 0.4) is 0 Å². The van der Waals surface area contributed by atoms with Crippen molar-refractivity contribution in [3.8, 4) is 0 Å². The normalized spacial score (nSPS) is 11.3. The van der Waals surface area contributed by atoms with E-state index in [2.05, 4.69) is 0 Å². The van der Waals surface area contributed by atoms with Gasteiger partial charge >= 0.3 is 5.97 Å². The van der Waals surface area contributed by atoms with Crippen LogP contribution in [0.1, 0.15) is 44.0 Å². The maximum absolute atomic E-state index is 11.6. The molecule has 1 aromatic carbocycles. The van der Waals surface area contributed by atoms with Gasteiger partial charge in [-0.3, -0.25) is 9.59 Å². The van der Waals surface area contributed by atoms with E-state index < -0.39 is 10.7 Å². The first-order chi connectivity index (χ1) is 8.36. The highest BCUT2D eigenvalue weighted by Crippen LogP contribution is 2.32. The molecule has 0 bridgehead atoms. The lowest BCUT2D eigenvalue weighted by atomic mass is 10.1. The molecule has 0 spiro atoms. The molecule has 0 aliphatic heterocycles. The molecule has 0 aliphatic rings. The van der Waals surface area contributed by atoms with E-state index in [9.17, 15) is 9.59 Å². The zero-order valence-corrected chi connectivity index (χ0v) is 11.7. The number of ketones is 1. The molecule has 0 unspecified atom stereocenters. The minimum atomic E-state index is -0.866. The van der Waals surface area contributed by atoms with Gasteiger partial charge in [-0.2, -0.15) is 0 Å². The molecule has 98 valence electrons. The predicted octanol–water partition coefficient (Wildman–Crippen LogP) is 3.62. The van der Waals surface area contributed by atoms with E-state index in [1.807, 2.05) is 6.92 Å². The smallest absolute Gasteiger partial charge is 0.319 e. The Morgan fingerprint density at radius 1 is 1.22 bits per heavy atom. The van der Waals surface area contributed by atoms with Gasteiger partial charge in [0.15, 0.2) is 5.78 Å². The maximum Gasteiger partial charge on any atom is 0.319 e. The van der Waals surface area contributed by atoms with Crippen molar-refractivity contribution in [1.82, 2.24) is 0 Å². The fourth-order valence-corrected chi connectivity index (χ4v) is 2.37. The highest BCUT2D eigenvalue weighted by Gasteiger charge is 2.28. The molecule has 0 amide bonds. The average Bonchev–Trinajstić information content (AvgIpc) is 2.29. The van der Waals surface area contributed by atoms with Gasteiger partial charge < -0.3 is 5.11 Å². The lowest BCUT2D eigenvalue weighted by Gasteiger charge is -2.18. The first-order valence-electron chi connectivity index (χ1n) is 5.92. The Morgan fingerprint density at radius 2 is 1.78 bits per heavy atom. The summed E-state index contributed by atoms with van der Waals surface area (Å²) in [6.07, 6.45) is 1.38. The topological polar surface area (TPSA) is 54.4 Å². The molecule has 4 heteroatoms. The molecule has 1 N–H and O–H groups in total. The molecule has 0 saturated heterocycles. The van der Waals surface area contributed by atoms with Crippen molar-refractivity contribution in [3.63, 3.8) is 0 Å². The summed E-state index contributed by atoms with van der Waals surface area (Å²) in [6, 6.07) is 7.13. The van der Waals surface area contributed by atoms with Gasteiger partial charge in [0.05, 0.1) is 0 Å². The Balaban J connectivity index is 2.78. The van der Waals surface area contributed by atoms with Crippen LogP contribution in [0.4, 0.5) is 0 Å². The summed E-state index contributed by atoms with van der Waals surface area (Å²) in [5.41, 5.74) is 0.689. The molecule has 1 aromatic rings. The van der Waals surface area contributed by atoms with Crippen LogP contribution in [-0.2, 0) is 4.79 Å². The molecule has 1 rings (SSSR count). The third-order valence-electron chi connectivity index (χ3n) is 2.54. The second-order valence-electron chi connectivity index (χ2n) is 4.62. The van der Waals surface area contributed by atoms with Crippen LogP contribution < -0.4 is 0 Å². The van der Waals surface area contributed by atoms with Crippen LogP contribution in [0.5, 0.6) is 0 Å². The monoisotopic (exact) mass is 266 g/mol. The number of hydrogen-bond acceptors (Lipinski definition) is 3. The zero-order chi connectivity index (χ0) is 13.8. The van der Waals surface area contributed by atoms with Gasteiger partial charge in [-0.15, -0.1) is 11.8 Å². The largest absolute Gasteiger partial charge is 0.480 e. The number of benzene rings is 1. The predicted molar refractivity (Wildman–Crippen MR) is 73.3 cm³/mol. The Kier molecular flexibility index (Phi) is 4.96. The van der Waals surface area contributed by atoms with E-state index in [0.29, 0.717) is 12.0 Å². The van der Waals surface area contributed by atoms with Crippen molar-refractivity contribution >= 4 is 23.5 Å². The van der Waals surface area contributed by atoms with Crippen LogP contribution in [0.2, 0.25) is 0 Å². The lowest BCUT2D eigenvalue weighted by molar-refractivity contribution is -0.138. The van der Waals surface area contributed by atoms with Crippen molar-refractivity contribution in [2.75, 3.05) is 0 Å². The highest BCUT2D eigenvalue weighted by molar-refractivity contribution is 8.01. The first-order valence-corrected chi connectivity index (χ1v) is 6.74. The second-order valence-corrected chi connectivity index (χ2v) is 6.31. The van der Waals surface area contributed by atoms with Gasteiger partial charge in [-0.05, 0) is 32.4 Å². The van der Waals surface area contributed by atoms with E-state index >= 15 is 0 Å². The standard InChI is InChI=1S/C14H18O3S/c1-4-5-12(15)10-6-8-11(9-7-10)18-14(2,3)13(16)17/h6-9H,4-5H2,1-3H3,(H,16,17). The summed E-state index contributed by atoms with van der Waals surface area (Å²) >= 11 is 1.28. The number of carbonyl (C=O) groups excluding carboxylic acids is 1. The Hall–Kier alpha value is -1.29. The van der Waals surface area contributed by atoms with Gasteiger partial charge in [0.2, 0.25) is 0 Å². The summed E-state index contributed by atoms with van der Waals surface area (Å²) in [5, 5.41) is 9.04. The molecule has 0 atom stereocenters. The third kappa shape index (κ3) is 3.88. The summed E-state index contributed by atoms with van der Waals surface area (Å²) in [5.74, 6) is -0.717. The molecule has 0 aliphatic carbocycles. The van der Waals surface area contributed by atoms with Crippen molar-refractivity contribution in [1.29, 1.82) is 0 Å². The summed E-state index contributed by atoms with van der Waals surface area (Å²) in [6.45, 7) is 5.30. The number of aliphatic carboxylic acids is 1. The Labute approximate surface area is 112 Å². The van der Waals surface area contributed by atoms with Crippen LogP contribution >= 0.6 is 11.8 Å².